The number of rotatable bonds is 8. The molecule has 0 aliphatic carbocycles. The molecule has 4 heteroatoms. The molecule has 0 aromatic heterocycles. The highest BCUT2D eigenvalue weighted by Gasteiger charge is 2.12. The molecule has 1 unspecified atom stereocenters. The van der Waals surface area contributed by atoms with Crippen molar-refractivity contribution >= 4 is 5.91 Å². The molecule has 21 heavy (non-hydrogen) atoms. The van der Waals surface area contributed by atoms with E-state index in [9.17, 15) is 4.79 Å². The number of methoxy groups -OCH3 is 1. The van der Waals surface area contributed by atoms with E-state index >= 15 is 0 Å². The van der Waals surface area contributed by atoms with Gasteiger partial charge in [-0.2, -0.15) is 0 Å². The summed E-state index contributed by atoms with van der Waals surface area (Å²) in [5.41, 5.74) is 1.54. The Kier molecular flexibility index (Phi) is 7.23. The zero-order valence-electron chi connectivity index (χ0n) is 13.7. The zero-order chi connectivity index (χ0) is 15.8. The third-order valence-corrected chi connectivity index (χ3v) is 3.24. The second-order valence-corrected chi connectivity index (χ2v) is 5.72. The van der Waals surface area contributed by atoms with Crippen LogP contribution in [0.1, 0.15) is 50.0 Å². The van der Waals surface area contributed by atoms with Gasteiger partial charge in [0.2, 0.25) is 0 Å². The summed E-state index contributed by atoms with van der Waals surface area (Å²) in [6.07, 6.45) is 0.909. The lowest BCUT2D eigenvalue weighted by atomic mass is 10.1. The predicted octanol–water partition coefficient (Wildman–Crippen LogP) is 3.40. The molecule has 1 atom stereocenters. The summed E-state index contributed by atoms with van der Waals surface area (Å²) in [6.45, 7) is 9.39. The highest BCUT2D eigenvalue weighted by molar-refractivity contribution is 5.94. The molecule has 0 bridgehead atoms. The van der Waals surface area contributed by atoms with Crippen molar-refractivity contribution in [3.8, 4) is 5.75 Å². The molecule has 1 N–H and O–H groups in total. The first-order chi connectivity index (χ1) is 9.97. The molecule has 4 nitrogen and oxygen atoms in total. The van der Waals surface area contributed by atoms with E-state index in [0.717, 1.165) is 17.7 Å². The number of hydrogen-bond acceptors (Lipinski definition) is 3. The summed E-state index contributed by atoms with van der Waals surface area (Å²) in [4.78, 5) is 12.2. The summed E-state index contributed by atoms with van der Waals surface area (Å²) in [6, 6.07) is 5.61. The Morgan fingerprint density at radius 2 is 2.00 bits per heavy atom. The molecule has 1 rings (SSSR count). The lowest BCUT2D eigenvalue weighted by Crippen LogP contribution is -2.31. The molecule has 0 radical (unpaired) electrons. The molecule has 1 amide bonds. The van der Waals surface area contributed by atoms with Gasteiger partial charge in [0.15, 0.2) is 0 Å². The van der Waals surface area contributed by atoms with Gasteiger partial charge in [-0.1, -0.05) is 20.8 Å². The first kappa shape index (κ1) is 17.5. The van der Waals surface area contributed by atoms with Crippen molar-refractivity contribution in [1.82, 2.24) is 5.32 Å². The summed E-state index contributed by atoms with van der Waals surface area (Å²) in [5, 5.41) is 2.96. The van der Waals surface area contributed by atoms with Gasteiger partial charge in [-0.15, -0.1) is 0 Å². The minimum Gasteiger partial charge on any atom is -0.496 e. The number of benzene rings is 1. The summed E-state index contributed by atoms with van der Waals surface area (Å²) >= 11 is 0. The fourth-order valence-corrected chi connectivity index (χ4v) is 1.85. The molecule has 0 saturated carbocycles. The van der Waals surface area contributed by atoms with Gasteiger partial charge in [-0.05, 0) is 37.5 Å². The Labute approximate surface area is 127 Å². The van der Waals surface area contributed by atoms with Crippen molar-refractivity contribution < 1.29 is 14.3 Å². The van der Waals surface area contributed by atoms with Gasteiger partial charge in [0.25, 0.3) is 5.91 Å². The molecular weight excluding hydrogens is 266 g/mol. The van der Waals surface area contributed by atoms with E-state index in [1.54, 1.807) is 13.2 Å². The molecule has 1 aromatic carbocycles. The Balaban J connectivity index is 2.81. The summed E-state index contributed by atoms with van der Waals surface area (Å²) in [5.74, 6) is 1.17. The molecule has 1 aromatic rings. The smallest absolute Gasteiger partial charge is 0.251 e. The summed E-state index contributed by atoms with van der Waals surface area (Å²) in [7, 11) is 1.63. The molecular formula is C17H27NO3. The van der Waals surface area contributed by atoms with Crippen LogP contribution < -0.4 is 10.1 Å². The minimum atomic E-state index is -0.0582. The zero-order valence-corrected chi connectivity index (χ0v) is 13.7. The average Bonchev–Trinajstić information content (AvgIpc) is 2.46. The van der Waals surface area contributed by atoms with E-state index in [1.807, 2.05) is 26.0 Å². The van der Waals surface area contributed by atoms with Crippen molar-refractivity contribution in [3.05, 3.63) is 29.3 Å². The molecule has 0 aliphatic heterocycles. The fourth-order valence-electron chi connectivity index (χ4n) is 1.85. The normalized spacial score (nSPS) is 12.3. The van der Waals surface area contributed by atoms with Crippen molar-refractivity contribution in [3.63, 3.8) is 0 Å². The maximum absolute atomic E-state index is 12.2. The fraction of sp³-hybridized carbons (Fsp3) is 0.588. The van der Waals surface area contributed by atoms with Crippen LogP contribution in [0.15, 0.2) is 18.2 Å². The van der Waals surface area contributed by atoms with E-state index in [2.05, 4.69) is 19.2 Å². The molecule has 0 heterocycles. The van der Waals surface area contributed by atoms with Crippen LogP contribution in [0.4, 0.5) is 0 Å². The van der Waals surface area contributed by atoms with E-state index < -0.39 is 0 Å². The van der Waals surface area contributed by atoms with E-state index in [1.165, 1.54) is 0 Å². The number of carbonyl (C=O) groups is 1. The van der Waals surface area contributed by atoms with Crippen LogP contribution >= 0.6 is 0 Å². The van der Waals surface area contributed by atoms with Gasteiger partial charge in [-0.25, -0.2) is 0 Å². The van der Waals surface area contributed by atoms with E-state index in [-0.39, 0.29) is 11.9 Å². The van der Waals surface area contributed by atoms with Gasteiger partial charge in [0.05, 0.1) is 13.7 Å². The van der Waals surface area contributed by atoms with Gasteiger partial charge in [0.1, 0.15) is 5.75 Å². The van der Waals surface area contributed by atoms with Crippen LogP contribution in [0.2, 0.25) is 0 Å². The third-order valence-electron chi connectivity index (χ3n) is 3.24. The number of hydrogen-bond donors (Lipinski definition) is 1. The standard InChI is InChI=1S/C17H27NO3/c1-6-13(4)18-17(19)14-7-8-16(20-5)15(9-14)11-21-10-12(2)3/h7-9,12-13H,6,10-11H2,1-5H3,(H,18,19). The van der Waals surface area contributed by atoms with E-state index in [4.69, 9.17) is 9.47 Å². The van der Waals surface area contributed by atoms with Crippen molar-refractivity contribution in [2.75, 3.05) is 13.7 Å². The van der Waals surface area contributed by atoms with Crippen LogP contribution in [0, 0.1) is 5.92 Å². The first-order valence-corrected chi connectivity index (χ1v) is 7.53. The maximum Gasteiger partial charge on any atom is 0.251 e. The lowest BCUT2D eigenvalue weighted by molar-refractivity contribution is 0.0929. The molecule has 0 saturated heterocycles. The number of ether oxygens (including phenoxy) is 2. The molecule has 0 fully saturated rings. The van der Waals surface area contributed by atoms with Gasteiger partial charge < -0.3 is 14.8 Å². The van der Waals surface area contributed by atoms with Crippen LogP contribution in [-0.4, -0.2) is 25.7 Å². The van der Waals surface area contributed by atoms with Crippen molar-refractivity contribution in [1.29, 1.82) is 0 Å². The summed E-state index contributed by atoms with van der Waals surface area (Å²) < 4.78 is 11.0. The highest BCUT2D eigenvalue weighted by Crippen LogP contribution is 2.21. The van der Waals surface area contributed by atoms with Gasteiger partial charge in [-0.3, -0.25) is 4.79 Å². The second kappa shape index (κ2) is 8.67. The quantitative estimate of drug-likeness (QED) is 0.799. The Morgan fingerprint density at radius 1 is 1.29 bits per heavy atom. The van der Waals surface area contributed by atoms with E-state index in [0.29, 0.717) is 24.7 Å². The monoisotopic (exact) mass is 293 g/mol. The Bertz CT molecular complexity index is 457. The Hall–Kier alpha value is -1.55. The highest BCUT2D eigenvalue weighted by atomic mass is 16.5. The van der Waals surface area contributed by atoms with Crippen LogP contribution in [0.25, 0.3) is 0 Å². The van der Waals surface area contributed by atoms with Crippen molar-refractivity contribution in [2.24, 2.45) is 5.92 Å². The molecule has 0 aliphatic rings. The largest absolute Gasteiger partial charge is 0.496 e. The SMILES string of the molecule is CCC(C)NC(=O)c1ccc(OC)c(COCC(C)C)c1. The third kappa shape index (κ3) is 5.76. The molecule has 0 spiro atoms. The van der Waals surface area contributed by atoms with Crippen LogP contribution in [-0.2, 0) is 11.3 Å². The van der Waals surface area contributed by atoms with Gasteiger partial charge in [0, 0.05) is 23.8 Å². The number of carbonyl (C=O) groups excluding carboxylic acids is 1. The van der Waals surface area contributed by atoms with Crippen molar-refractivity contribution in [2.45, 2.75) is 46.8 Å². The number of nitrogens with one attached hydrogen (secondary N) is 1. The topological polar surface area (TPSA) is 47.6 Å². The first-order valence-electron chi connectivity index (χ1n) is 7.53. The maximum atomic E-state index is 12.2. The second-order valence-electron chi connectivity index (χ2n) is 5.72. The lowest BCUT2D eigenvalue weighted by Gasteiger charge is -2.14. The Morgan fingerprint density at radius 3 is 2.57 bits per heavy atom. The average molecular weight is 293 g/mol. The van der Waals surface area contributed by atoms with Gasteiger partial charge >= 0.3 is 0 Å². The minimum absolute atomic E-state index is 0.0582. The number of amides is 1. The van der Waals surface area contributed by atoms with Crippen LogP contribution in [0.5, 0.6) is 5.75 Å². The predicted molar refractivity (Wildman–Crippen MR) is 84.7 cm³/mol. The van der Waals surface area contributed by atoms with Crippen LogP contribution in [0.3, 0.4) is 0 Å². The molecule has 118 valence electrons.